The van der Waals surface area contributed by atoms with Crippen LogP contribution in [0, 0.1) is 3.70 Å². The number of unbranched alkanes of at least 4 members (excludes halogenated alkanes) is 1. The van der Waals surface area contributed by atoms with E-state index in [1.54, 1.807) is 16.7 Å². The van der Waals surface area contributed by atoms with Crippen LogP contribution in [0.3, 0.4) is 0 Å². The van der Waals surface area contributed by atoms with Crippen LogP contribution in [0.4, 0.5) is 34.6 Å². The van der Waals surface area contributed by atoms with Crippen molar-refractivity contribution in [1.29, 1.82) is 0 Å². The Bertz CT molecular complexity index is 2810. The molecule has 0 aliphatic carbocycles. The number of alkyl halides is 2. The summed E-state index contributed by atoms with van der Waals surface area (Å²) in [6.45, 7) is 4.19. The van der Waals surface area contributed by atoms with E-state index < -0.39 is 33.1 Å². The number of nitrogens with one attached hydrogen (secondary N) is 1. The summed E-state index contributed by atoms with van der Waals surface area (Å²) in [4.78, 5) is 39.7. The van der Waals surface area contributed by atoms with Gasteiger partial charge in [-0.15, -0.1) is 0 Å². The van der Waals surface area contributed by atoms with E-state index in [4.69, 9.17) is 40.9 Å². The number of rotatable bonds is 19. The van der Waals surface area contributed by atoms with Gasteiger partial charge in [0.25, 0.3) is 0 Å². The number of hydrazine groups is 1. The number of nitrogen functional groups attached to an aromatic ring is 2. The van der Waals surface area contributed by atoms with Gasteiger partial charge in [0, 0.05) is 0 Å². The second-order valence-electron chi connectivity index (χ2n) is 14.0. The van der Waals surface area contributed by atoms with Gasteiger partial charge in [-0.1, -0.05) is 25.1 Å². The van der Waals surface area contributed by atoms with Gasteiger partial charge in [0.2, 0.25) is 0 Å². The van der Waals surface area contributed by atoms with Crippen molar-refractivity contribution in [3.05, 3.63) is 93.6 Å². The SMILES string of the molecule is CCCC[I-]c1nn(-c2nc(OC)nc(-n3nc(C(I)CCC)c(NN(C)c4c(C(=O)OC)cnn4-c4ccccc4)c3N)n2)c(N)c1N=Nc1c(C(=O)OC)cnn1-c1ccccc1. The van der Waals surface area contributed by atoms with E-state index in [9.17, 15) is 9.59 Å². The average Bonchev–Trinajstić information content (AvgIpc) is 4.12. The van der Waals surface area contributed by atoms with Crippen LogP contribution in [-0.2, 0) is 9.47 Å². The second kappa shape index (κ2) is 20.9. The van der Waals surface area contributed by atoms with Crippen LogP contribution in [0.15, 0.2) is 83.3 Å². The van der Waals surface area contributed by atoms with Crippen molar-refractivity contribution in [2.45, 2.75) is 43.5 Å². The van der Waals surface area contributed by atoms with Crippen LogP contribution in [0.25, 0.3) is 23.3 Å². The van der Waals surface area contributed by atoms with Crippen LogP contribution in [-0.4, -0.2) is 98.8 Å². The fraction of sp³-hybridized carbons (Fsp3) is 0.293. The molecule has 7 rings (SSSR count). The Labute approximate surface area is 397 Å². The van der Waals surface area contributed by atoms with Crippen LogP contribution < -0.4 is 47.8 Å². The minimum absolute atomic E-state index is 0.000712. The van der Waals surface area contributed by atoms with E-state index in [1.165, 1.54) is 47.8 Å². The third-order valence-electron chi connectivity index (χ3n) is 9.64. The summed E-state index contributed by atoms with van der Waals surface area (Å²) in [5.41, 5.74) is 20.2. The molecular weight excluding hydrogens is 1060 g/mol. The number of anilines is 4. The van der Waals surface area contributed by atoms with Gasteiger partial charge in [-0.05, 0) is 12.1 Å². The van der Waals surface area contributed by atoms with Gasteiger partial charge < -0.3 is 4.74 Å². The number of azo groups is 1. The average molecular weight is 1110 g/mol. The Balaban J connectivity index is 1.32. The molecule has 65 heavy (non-hydrogen) atoms. The molecule has 5 aromatic heterocycles. The van der Waals surface area contributed by atoms with Crippen molar-refractivity contribution in [3.63, 3.8) is 0 Å². The first-order chi connectivity index (χ1) is 31.5. The van der Waals surface area contributed by atoms with Gasteiger partial charge in [-0.2, -0.15) is 5.10 Å². The van der Waals surface area contributed by atoms with E-state index in [-0.39, 0.29) is 56.1 Å². The number of nitrogens with zero attached hydrogens (tertiary/aromatic N) is 14. The van der Waals surface area contributed by atoms with Crippen LogP contribution in [0.2, 0.25) is 0 Å². The zero-order valence-corrected chi connectivity index (χ0v) is 40.6. The number of ether oxygens (including phenoxy) is 3. The van der Waals surface area contributed by atoms with Crippen molar-refractivity contribution in [1.82, 2.24) is 54.1 Å². The maximum absolute atomic E-state index is 13.0. The summed E-state index contributed by atoms with van der Waals surface area (Å²) < 4.78 is 22.9. The summed E-state index contributed by atoms with van der Waals surface area (Å²) in [7, 11) is 5.74. The molecule has 5 heterocycles. The van der Waals surface area contributed by atoms with Gasteiger partial charge in [0.05, 0.1) is 19.0 Å². The molecule has 0 fully saturated rings. The first-order valence-corrected chi connectivity index (χ1v) is 24.0. The number of methoxy groups -OCH3 is 3. The molecule has 24 heteroatoms. The first-order valence-electron chi connectivity index (χ1n) is 20.2. The molecular formula is C41H46I2N17O5-. The van der Waals surface area contributed by atoms with E-state index in [0.717, 1.165) is 30.1 Å². The maximum atomic E-state index is 13.0. The van der Waals surface area contributed by atoms with Crippen LogP contribution >= 0.6 is 22.6 Å². The number of aromatic nitrogens is 11. The zero-order valence-electron chi connectivity index (χ0n) is 36.3. The number of esters is 2. The number of carbonyl (C=O) groups excluding carboxylic acids is 2. The standard InChI is InChI=1S/C41H46I2N17O5/c1-7-9-21-43-32-31(51-52-35-26(37(61)63-4)22-46-57(35)24-17-12-10-13-18-24)34(45)60(55-32)40-48-39(49-41(50-40)65-6)59-33(44)30(29(54-59)28(42)16-8-2)53-56(3)36-27(38(62)64-5)23-47-58(36)25-19-14-11-15-20-25/h10-15,17-20,22-23,28,53H,7-9,16,21,44-45H2,1-6H3/q-1. The Kier molecular flexibility index (Phi) is 14.9. The van der Waals surface area contributed by atoms with Crippen molar-refractivity contribution < 1.29 is 45.0 Å². The number of halogens is 2. The van der Waals surface area contributed by atoms with Crippen LogP contribution in [0.1, 0.15) is 69.9 Å². The Morgan fingerprint density at radius 1 is 0.800 bits per heavy atom. The third kappa shape index (κ3) is 9.71. The van der Waals surface area contributed by atoms with Crippen molar-refractivity contribution in [2.75, 3.05) is 54.7 Å². The molecule has 0 bridgehead atoms. The predicted octanol–water partition coefficient (Wildman–Crippen LogP) is 3.57. The summed E-state index contributed by atoms with van der Waals surface area (Å²) >= 11 is 1.59. The molecule has 7 aromatic rings. The molecule has 0 saturated heterocycles. The Morgan fingerprint density at radius 3 is 2.02 bits per heavy atom. The summed E-state index contributed by atoms with van der Waals surface area (Å²) in [5.74, 6) is -0.478. The fourth-order valence-electron chi connectivity index (χ4n) is 6.41. The van der Waals surface area contributed by atoms with E-state index in [0.29, 0.717) is 32.3 Å². The topological polar surface area (TPSA) is 264 Å². The number of hydrogen-bond donors (Lipinski definition) is 3. The summed E-state index contributed by atoms with van der Waals surface area (Å²) in [5, 5.41) is 29.5. The second-order valence-corrected chi connectivity index (χ2v) is 18.3. The number of nitrogens with two attached hydrogens (primary N) is 2. The summed E-state index contributed by atoms with van der Waals surface area (Å²) in [6, 6.07) is 18.5. The molecule has 1 unspecified atom stereocenters. The van der Waals surface area contributed by atoms with Crippen molar-refractivity contribution in [3.8, 4) is 29.3 Å². The number of para-hydroxylation sites is 2. The van der Waals surface area contributed by atoms with Gasteiger partial charge in [-0.25, -0.2) is 9.48 Å². The molecule has 0 spiro atoms. The monoisotopic (exact) mass is 1110 g/mol. The summed E-state index contributed by atoms with van der Waals surface area (Å²) in [6.07, 6.45) is 6.39. The molecule has 0 aliphatic rings. The number of benzene rings is 2. The number of hydrogen-bond acceptors (Lipinski definition) is 18. The van der Waals surface area contributed by atoms with E-state index in [2.05, 4.69) is 72.3 Å². The number of carbonyl (C=O) groups is 2. The normalized spacial score (nSPS) is 11.9. The van der Waals surface area contributed by atoms with E-state index >= 15 is 0 Å². The van der Waals surface area contributed by atoms with Gasteiger partial charge in [0.1, 0.15) is 5.56 Å². The molecule has 0 aliphatic heterocycles. The molecule has 0 saturated carbocycles. The van der Waals surface area contributed by atoms with Crippen molar-refractivity contribution in [2.24, 2.45) is 10.2 Å². The molecule has 22 nitrogen and oxygen atoms in total. The Hall–Kier alpha value is -6.71. The van der Waals surface area contributed by atoms with E-state index in [1.807, 2.05) is 60.7 Å². The van der Waals surface area contributed by atoms with Crippen LogP contribution in [0.5, 0.6) is 6.01 Å². The molecule has 340 valence electrons. The van der Waals surface area contributed by atoms with Crippen molar-refractivity contribution >= 4 is 69.2 Å². The molecule has 0 radical (unpaired) electrons. The Morgan fingerprint density at radius 2 is 1.40 bits per heavy atom. The predicted molar refractivity (Wildman–Crippen MR) is 246 cm³/mol. The first kappa shape index (κ1) is 46.3. The molecule has 1 atom stereocenters. The van der Waals surface area contributed by atoms with Gasteiger partial charge >= 0.3 is 318 Å². The van der Waals surface area contributed by atoms with Gasteiger partial charge in [-0.3, -0.25) is 0 Å². The quantitative estimate of drug-likeness (QED) is 0.0261. The molecule has 0 amide bonds. The van der Waals surface area contributed by atoms with Gasteiger partial charge in [0.15, 0.2) is 0 Å². The zero-order chi connectivity index (χ0) is 46.2. The molecule has 5 N–H and O–H groups in total. The minimum atomic E-state index is -0.738. The molecule has 2 aromatic carbocycles. The fourth-order valence-corrected chi connectivity index (χ4v) is 10.2. The third-order valence-corrected chi connectivity index (χ3v) is 13.6.